The molecule has 5 nitrogen and oxygen atoms in total. The topological polar surface area (TPSA) is 68.4 Å². The van der Waals surface area contributed by atoms with Crippen molar-refractivity contribution in [2.75, 3.05) is 27.7 Å². The Balaban J connectivity index is 0.00000160. The smallest absolute Gasteiger partial charge is 0.0768 e. The number of rotatable bonds is 11. The van der Waals surface area contributed by atoms with Crippen molar-refractivity contribution in [1.29, 1.82) is 0 Å². The molecule has 186 valence electrons. The van der Waals surface area contributed by atoms with E-state index in [0.29, 0.717) is 6.42 Å². The molecule has 1 rings (SSSR count). The lowest BCUT2D eigenvalue weighted by molar-refractivity contribution is 0.0923. The summed E-state index contributed by atoms with van der Waals surface area (Å²) < 4.78 is 0. The zero-order chi connectivity index (χ0) is 26.1. The molecule has 0 aliphatic carbocycles. The SMILES string of the molecule is C=C/C(=C\N(C)C)c1cccc(C(C)=N/C(C)=C(C=C)/C(C=NC)=C/CC)c1.CCC(O)CO. The van der Waals surface area contributed by atoms with Gasteiger partial charge in [0.2, 0.25) is 0 Å². The Hall–Kier alpha value is -3.02. The molecular formula is C29H43N3O2. The lowest BCUT2D eigenvalue weighted by atomic mass is 10.0. The third kappa shape index (κ3) is 11.2. The number of hydrogen-bond donors (Lipinski definition) is 2. The molecule has 0 aromatic heterocycles. The first-order valence-corrected chi connectivity index (χ1v) is 11.6. The summed E-state index contributed by atoms with van der Waals surface area (Å²) in [6.45, 7) is 15.8. The summed E-state index contributed by atoms with van der Waals surface area (Å²) in [4.78, 5) is 11.0. The molecule has 0 aliphatic heterocycles. The molecule has 0 bridgehead atoms. The fourth-order valence-corrected chi connectivity index (χ4v) is 3.02. The van der Waals surface area contributed by atoms with Crippen LogP contribution in [0.4, 0.5) is 0 Å². The first-order valence-electron chi connectivity index (χ1n) is 11.6. The minimum Gasteiger partial charge on any atom is -0.394 e. The van der Waals surface area contributed by atoms with Crippen molar-refractivity contribution in [3.63, 3.8) is 0 Å². The molecule has 0 heterocycles. The molecule has 0 aliphatic rings. The minimum atomic E-state index is -0.509. The van der Waals surface area contributed by atoms with E-state index in [1.807, 2.05) is 58.1 Å². The highest BCUT2D eigenvalue weighted by Gasteiger charge is 2.06. The van der Waals surface area contributed by atoms with Crippen LogP contribution >= 0.6 is 0 Å². The molecule has 5 heteroatoms. The number of nitrogens with zero attached hydrogens (tertiary/aromatic N) is 3. The number of hydrogen-bond acceptors (Lipinski definition) is 5. The number of aliphatic hydroxyl groups is 2. The van der Waals surface area contributed by atoms with Crippen molar-refractivity contribution in [1.82, 2.24) is 4.90 Å². The van der Waals surface area contributed by atoms with Gasteiger partial charge in [-0.15, -0.1) is 0 Å². The van der Waals surface area contributed by atoms with Crippen molar-refractivity contribution in [3.8, 4) is 0 Å². The molecule has 0 radical (unpaired) electrons. The van der Waals surface area contributed by atoms with Gasteiger partial charge in [0.15, 0.2) is 0 Å². The standard InChI is InChI=1S/C25H33N3.C4H10O2/c1-9-13-24(17-26-6)25(11-3)20(5)27-19(4)22-14-12-15-23(16-22)21(10-2)18-28(7)8;1-2-4(6)3-5/h10-18H,2-3,9H2,1,4-8H3;4-6H,2-3H2,1H3/b21-18+,24-13+,25-20+,26-17?,27-19?;. The predicted octanol–water partition coefficient (Wildman–Crippen LogP) is 5.83. The van der Waals surface area contributed by atoms with Gasteiger partial charge < -0.3 is 15.1 Å². The van der Waals surface area contributed by atoms with Gasteiger partial charge in [-0.05, 0) is 55.0 Å². The van der Waals surface area contributed by atoms with Crippen molar-refractivity contribution < 1.29 is 10.2 Å². The summed E-state index contributed by atoms with van der Waals surface area (Å²) >= 11 is 0. The molecule has 34 heavy (non-hydrogen) atoms. The average molecular weight is 466 g/mol. The van der Waals surface area contributed by atoms with E-state index in [4.69, 9.17) is 15.2 Å². The van der Waals surface area contributed by atoms with Gasteiger partial charge in [-0.25, -0.2) is 0 Å². The van der Waals surface area contributed by atoms with E-state index >= 15 is 0 Å². The molecule has 0 fully saturated rings. The third-order valence-corrected chi connectivity index (χ3v) is 4.85. The van der Waals surface area contributed by atoms with E-state index in [2.05, 4.69) is 61.6 Å². The van der Waals surface area contributed by atoms with Gasteiger partial charge in [-0.3, -0.25) is 9.98 Å². The fourth-order valence-electron chi connectivity index (χ4n) is 3.02. The summed E-state index contributed by atoms with van der Waals surface area (Å²) in [6.07, 6.45) is 10.8. The van der Waals surface area contributed by atoms with E-state index < -0.39 is 6.10 Å². The number of benzene rings is 1. The van der Waals surface area contributed by atoms with Crippen LogP contribution in [0.25, 0.3) is 5.57 Å². The highest BCUT2D eigenvalue weighted by atomic mass is 16.3. The lowest BCUT2D eigenvalue weighted by Gasteiger charge is -2.11. The van der Waals surface area contributed by atoms with E-state index in [0.717, 1.165) is 45.7 Å². The van der Waals surface area contributed by atoms with Crippen LogP contribution in [0.1, 0.15) is 51.7 Å². The normalized spacial score (nSPS) is 14.2. The molecule has 1 aromatic rings. The second kappa shape index (κ2) is 17.5. The largest absolute Gasteiger partial charge is 0.394 e. The van der Waals surface area contributed by atoms with E-state index in [9.17, 15) is 0 Å². The predicted molar refractivity (Wildman–Crippen MR) is 150 cm³/mol. The number of aliphatic imine (C=N–C) groups is 2. The Kier molecular flexibility index (Phi) is 15.9. The van der Waals surface area contributed by atoms with E-state index in [-0.39, 0.29) is 6.61 Å². The molecule has 0 spiro atoms. The van der Waals surface area contributed by atoms with Gasteiger partial charge in [-0.2, -0.15) is 0 Å². The van der Waals surface area contributed by atoms with Crippen LogP contribution in [0.2, 0.25) is 0 Å². The lowest BCUT2D eigenvalue weighted by Crippen LogP contribution is -2.08. The van der Waals surface area contributed by atoms with E-state index in [1.54, 1.807) is 7.05 Å². The molecular weight excluding hydrogens is 422 g/mol. The fraction of sp³-hybridized carbons (Fsp3) is 0.379. The number of allylic oxidation sites excluding steroid dienone is 7. The highest BCUT2D eigenvalue weighted by molar-refractivity contribution is 6.00. The Labute approximate surface area is 207 Å². The Morgan fingerprint density at radius 3 is 2.21 bits per heavy atom. The monoisotopic (exact) mass is 465 g/mol. The van der Waals surface area contributed by atoms with Crippen LogP contribution in [-0.2, 0) is 0 Å². The second-order valence-electron chi connectivity index (χ2n) is 7.93. The first-order chi connectivity index (χ1) is 16.2. The summed E-state index contributed by atoms with van der Waals surface area (Å²) in [6, 6.07) is 8.37. The van der Waals surface area contributed by atoms with Crippen molar-refractivity contribution in [2.24, 2.45) is 9.98 Å². The molecule has 1 atom stereocenters. The molecule has 2 N–H and O–H groups in total. The van der Waals surface area contributed by atoms with Crippen LogP contribution in [0.15, 0.2) is 88.7 Å². The Morgan fingerprint density at radius 2 is 1.76 bits per heavy atom. The van der Waals surface area contributed by atoms with Gasteiger partial charge in [0.25, 0.3) is 0 Å². The highest BCUT2D eigenvalue weighted by Crippen LogP contribution is 2.20. The van der Waals surface area contributed by atoms with Gasteiger partial charge in [0, 0.05) is 50.5 Å². The van der Waals surface area contributed by atoms with E-state index in [1.165, 1.54) is 0 Å². The summed E-state index contributed by atoms with van der Waals surface area (Å²) in [5.41, 5.74) is 7.20. The average Bonchev–Trinajstić information content (AvgIpc) is 2.83. The second-order valence-corrected chi connectivity index (χ2v) is 7.93. The van der Waals surface area contributed by atoms with Crippen LogP contribution < -0.4 is 0 Å². The van der Waals surface area contributed by atoms with Gasteiger partial charge in [0.1, 0.15) is 0 Å². The molecule has 0 saturated heterocycles. The van der Waals surface area contributed by atoms with Crippen LogP contribution in [0.5, 0.6) is 0 Å². The molecule has 1 aromatic carbocycles. The van der Waals surface area contributed by atoms with Gasteiger partial charge >= 0.3 is 0 Å². The first kappa shape index (κ1) is 31.0. The maximum Gasteiger partial charge on any atom is 0.0768 e. The van der Waals surface area contributed by atoms with Crippen LogP contribution in [-0.4, -0.2) is 60.9 Å². The van der Waals surface area contributed by atoms with Crippen LogP contribution in [0, 0.1) is 0 Å². The van der Waals surface area contributed by atoms with Crippen LogP contribution in [0.3, 0.4) is 0 Å². The zero-order valence-corrected chi connectivity index (χ0v) is 22.0. The van der Waals surface area contributed by atoms with Crippen molar-refractivity contribution in [3.05, 3.63) is 89.8 Å². The van der Waals surface area contributed by atoms with Gasteiger partial charge in [0.05, 0.1) is 12.7 Å². The van der Waals surface area contributed by atoms with Crippen molar-refractivity contribution in [2.45, 2.75) is 46.6 Å². The summed E-state index contributed by atoms with van der Waals surface area (Å²) in [5.74, 6) is 0. The molecule has 0 saturated carbocycles. The Bertz CT molecular complexity index is 930. The summed E-state index contributed by atoms with van der Waals surface area (Å²) in [7, 11) is 5.79. The summed E-state index contributed by atoms with van der Waals surface area (Å²) in [5, 5.41) is 16.5. The molecule has 0 amide bonds. The van der Waals surface area contributed by atoms with Crippen molar-refractivity contribution >= 4 is 17.5 Å². The minimum absolute atomic E-state index is 0.115. The number of aliphatic hydroxyl groups excluding tert-OH is 2. The maximum atomic E-state index is 8.42. The Morgan fingerprint density at radius 1 is 1.12 bits per heavy atom. The third-order valence-electron chi connectivity index (χ3n) is 4.85. The maximum absolute atomic E-state index is 8.42. The van der Waals surface area contributed by atoms with Gasteiger partial charge in [-0.1, -0.05) is 63.4 Å². The zero-order valence-electron chi connectivity index (χ0n) is 22.0. The molecule has 1 unspecified atom stereocenters. The quantitative estimate of drug-likeness (QED) is 0.319.